The number of aromatic nitrogens is 4. The largest absolute Gasteiger partial charge is 0.369 e. The lowest BCUT2D eigenvalue weighted by molar-refractivity contribution is 0.284. The fraction of sp³-hybridized carbons (Fsp3) is 0.286. The molecule has 0 N–H and O–H groups in total. The highest BCUT2D eigenvalue weighted by Crippen LogP contribution is 2.21. The molecule has 3 heterocycles. The Morgan fingerprint density at radius 1 is 1.11 bits per heavy atom. The first-order chi connectivity index (χ1) is 13.7. The van der Waals surface area contributed by atoms with Crippen LogP contribution in [-0.4, -0.2) is 57.4 Å². The summed E-state index contributed by atoms with van der Waals surface area (Å²) in [4.78, 5) is 13.3. The maximum absolute atomic E-state index is 6.11. The van der Waals surface area contributed by atoms with E-state index in [0.29, 0.717) is 0 Å². The van der Waals surface area contributed by atoms with E-state index in [2.05, 4.69) is 43.1 Å². The fourth-order valence-electron chi connectivity index (χ4n) is 3.41. The Kier molecular flexibility index (Phi) is 5.69. The number of hydrogen-bond acceptors (Lipinski definition) is 5. The topological polar surface area (TPSA) is 50.1 Å². The Morgan fingerprint density at radius 2 is 1.96 bits per heavy atom. The summed E-state index contributed by atoms with van der Waals surface area (Å²) in [6.07, 6.45) is 11.3. The zero-order valence-corrected chi connectivity index (χ0v) is 16.6. The summed E-state index contributed by atoms with van der Waals surface area (Å²) in [5, 5.41) is 5.23. The van der Waals surface area contributed by atoms with Crippen LogP contribution in [0.1, 0.15) is 11.3 Å². The van der Waals surface area contributed by atoms with Gasteiger partial charge in [0.2, 0.25) is 0 Å². The first kappa shape index (κ1) is 18.7. The van der Waals surface area contributed by atoms with E-state index in [4.69, 9.17) is 11.6 Å². The zero-order valence-electron chi connectivity index (χ0n) is 15.9. The fourth-order valence-corrected chi connectivity index (χ4v) is 3.59. The molecule has 0 aliphatic carbocycles. The van der Waals surface area contributed by atoms with Gasteiger partial charge in [-0.3, -0.25) is 9.88 Å². The first-order valence-corrected chi connectivity index (χ1v) is 9.79. The summed E-state index contributed by atoms with van der Waals surface area (Å²) in [7, 11) is 0. The number of hydrogen-bond donors (Lipinski definition) is 0. The lowest BCUT2D eigenvalue weighted by Gasteiger charge is -2.35. The molecule has 1 aliphatic heterocycles. The Balaban J connectivity index is 1.32. The maximum Gasteiger partial charge on any atom is 0.172 e. The summed E-state index contributed by atoms with van der Waals surface area (Å²) < 4.78 is 1.82. The van der Waals surface area contributed by atoms with Gasteiger partial charge in [0.15, 0.2) is 5.82 Å². The predicted molar refractivity (Wildman–Crippen MR) is 113 cm³/mol. The van der Waals surface area contributed by atoms with E-state index in [1.165, 1.54) is 5.69 Å². The average Bonchev–Trinajstić information content (AvgIpc) is 3.10. The van der Waals surface area contributed by atoms with Crippen molar-refractivity contribution in [1.29, 1.82) is 0 Å². The van der Waals surface area contributed by atoms with E-state index in [1.54, 1.807) is 18.6 Å². The number of nitrogens with zero attached hydrogens (tertiary/aromatic N) is 6. The van der Waals surface area contributed by atoms with Gasteiger partial charge in [0.1, 0.15) is 0 Å². The van der Waals surface area contributed by atoms with Crippen LogP contribution >= 0.6 is 11.6 Å². The molecule has 0 spiro atoms. The monoisotopic (exact) mass is 394 g/mol. The second-order valence-electron chi connectivity index (χ2n) is 6.83. The van der Waals surface area contributed by atoms with Crippen molar-refractivity contribution in [3.05, 3.63) is 71.4 Å². The van der Waals surface area contributed by atoms with Crippen LogP contribution in [0.4, 0.5) is 5.69 Å². The summed E-state index contributed by atoms with van der Waals surface area (Å²) in [5.74, 6) is 0.733. The second kappa shape index (κ2) is 8.54. The van der Waals surface area contributed by atoms with Crippen LogP contribution in [0.3, 0.4) is 0 Å². The van der Waals surface area contributed by atoms with Crippen molar-refractivity contribution in [3.8, 4) is 5.82 Å². The minimum absolute atomic E-state index is 0.733. The molecule has 0 unspecified atom stereocenters. The van der Waals surface area contributed by atoms with Crippen molar-refractivity contribution < 1.29 is 0 Å². The molecule has 0 bridgehead atoms. The van der Waals surface area contributed by atoms with E-state index < -0.39 is 0 Å². The number of halogens is 1. The van der Waals surface area contributed by atoms with Gasteiger partial charge in [-0.1, -0.05) is 29.8 Å². The SMILES string of the molecule is Cc1c(/C=C/CN2CCN(c3cccc(Cl)c3)CC2)cnn1-c1cnccn1. The van der Waals surface area contributed by atoms with Gasteiger partial charge in [-0.15, -0.1) is 0 Å². The van der Waals surface area contributed by atoms with Crippen LogP contribution < -0.4 is 4.90 Å². The number of piperazine rings is 1. The molecule has 1 aromatic carbocycles. The van der Waals surface area contributed by atoms with Crippen LogP contribution in [0, 0.1) is 6.92 Å². The van der Waals surface area contributed by atoms with Crippen LogP contribution in [0.2, 0.25) is 5.02 Å². The van der Waals surface area contributed by atoms with Gasteiger partial charge in [0.05, 0.1) is 18.1 Å². The molecule has 1 aliphatic rings. The third-order valence-electron chi connectivity index (χ3n) is 5.02. The lowest BCUT2D eigenvalue weighted by atomic mass is 10.2. The summed E-state index contributed by atoms with van der Waals surface area (Å²) in [5.41, 5.74) is 3.36. The molecule has 0 radical (unpaired) electrons. The van der Waals surface area contributed by atoms with Crippen molar-refractivity contribution in [2.45, 2.75) is 6.92 Å². The van der Waals surface area contributed by atoms with Gasteiger partial charge < -0.3 is 4.90 Å². The minimum Gasteiger partial charge on any atom is -0.369 e. The molecule has 1 fully saturated rings. The quantitative estimate of drug-likeness (QED) is 0.663. The van der Waals surface area contributed by atoms with Gasteiger partial charge in [-0.25, -0.2) is 9.67 Å². The Labute approximate surface area is 170 Å². The molecule has 28 heavy (non-hydrogen) atoms. The molecule has 3 aromatic rings. The van der Waals surface area contributed by atoms with Gasteiger partial charge in [-0.05, 0) is 25.1 Å². The van der Waals surface area contributed by atoms with E-state index in [1.807, 2.05) is 36.0 Å². The van der Waals surface area contributed by atoms with Crippen molar-refractivity contribution in [2.75, 3.05) is 37.6 Å². The van der Waals surface area contributed by atoms with Crippen LogP contribution in [0.15, 0.2) is 55.1 Å². The van der Waals surface area contributed by atoms with Crippen molar-refractivity contribution in [1.82, 2.24) is 24.6 Å². The Bertz CT molecular complexity index is 945. The molecule has 4 rings (SSSR count). The van der Waals surface area contributed by atoms with Crippen molar-refractivity contribution in [3.63, 3.8) is 0 Å². The summed E-state index contributed by atoms with van der Waals surface area (Å²) in [6, 6.07) is 8.09. The van der Waals surface area contributed by atoms with Crippen LogP contribution in [0.5, 0.6) is 0 Å². The summed E-state index contributed by atoms with van der Waals surface area (Å²) in [6.45, 7) is 7.07. The van der Waals surface area contributed by atoms with Gasteiger partial charge in [-0.2, -0.15) is 5.10 Å². The lowest BCUT2D eigenvalue weighted by Crippen LogP contribution is -2.46. The van der Waals surface area contributed by atoms with Crippen molar-refractivity contribution >= 4 is 23.4 Å². The van der Waals surface area contributed by atoms with Gasteiger partial charge in [0.25, 0.3) is 0 Å². The number of anilines is 1. The Hall–Kier alpha value is -2.70. The molecular weight excluding hydrogens is 372 g/mol. The van der Waals surface area contributed by atoms with Gasteiger partial charge >= 0.3 is 0 Å². The number of rotatable bonds is 5. The normalized spacial score (nSPS) is 15.4. The van der Waals surface area contributed by atoms with E-state index in [0.717, 1.165) is 54.8 Å². The third kappa shape index (κ3) is 4.24. The van der Waals surface area contributed by atoms with Crippen LogP contribution in [0.25, 0.3) is 11.9 Å². The van der Waals surface area contributed by atoms with Crippen molar-refractivity contribution in [2.24, 2.45) is 0 Å². The van der Waals surface area contributed by atoms with E-state index in [-0.39, 0.29) is 0 Å². The van der Waals surface area contributed by atoms with E-state index >= 15 is 0 Å². The predicted octanol–water partition coefficient (Wildman–Crippen LogP) is 3.46. The van der Waals surface area contributed by atoms with Gasteiger partial charge in [0, 0.05) is 61.4 Å². The first-order valence-electron chi connectivity index (χ1n) is 9.41. The second-order valence-corrected chi connectivity index (χ2v) is 7.27. The molecule has 2 aromatic heterocycles. The zero-order chi connectivity index (χ0) is 19.3. The summed E-state index contributed by atoms with van der Waals surface area (Å²) >= 11 is 6.11. The average molecular weight is 395 g/mol. The highest BCUT2D eigenvalue weighted by molar-refractivity contribution is 6.30. The Morgan fingerprint density at radius 3 is 2.71 bits per heavy atom. The smallest absolute Gasteiger partial charge is 0.172 e. The molecule has 144 valence electrons. The molecule has 6 nitrogen and oxygen atoms in total. The molecule has 0 amide bonds. The molecule has 0 atom stereocenters. The molecule has 7 heteroatoms. The van der Waals surface area contributed by atoms with E-state index in [9.17, 15) is 0 Å². The molecular formula is C21H23ClN6. The standard InChI is InChI=1S/C21H23ClN6/c1-17-18(15-25-28(17)21-16-23-7-8-24-21)4-3-9-26-10-12-27(13-11-26)20-6-2-5-19(22)14-20/h2-8,14-16H,9-13H2,1H3/b4-3+. The maximum atomic E-state index is 6.11. The molecule has 1 saturated heterocycles. The van der Waals surface area contributed by atoms with Crippen LogP contribution in [-0.2, 0) is 0 Å². The highest BCUT2D eigenvalue weighted by atomic mass is 35.5. The minimum atomic E-state index is 0.733. The number of benzene rings is 1. The highest BCUT2D eigenvalue weighted by Gasteiger charge is 2.16. The molecule has 0 saturated carbocycles. The third-order valence-corrected chi connectivity index (χ3v) is 5.26.